The van der Waals surface area contributed by atoms with Gasteiger partial charge in [-0.1, -0.05) is 54.6 Å². The fourth-order valence-corrected chi connectivity index (χ4v) is 5.67. The zero-order chi connectivity index (χ0) is 25.0. The fourth-order valence-electron chi connectivity index (χ4n) is 5.67. The number of carbonyl (C=O) groups is 1. The van der Waals surface area contributed by atoms with Crippen molar-refractivity contribution >= 4 is 23.4 Å². The third-order valence-corrected chi connectivity index (χ3v) is 7.55. The van der Waals surface area contributed by atoms with E-state index in [9.17, 15) is 4.79 Å². The molecule has 1 atom stereocenters. The summed E-state index contributed by atoms with van der Waals surface area (Å²) >= 11 is 0. The first kappa shape index (κ1) is 23.6. The van der Waals surface area contributed by atoms with Crippen molar-refractivity contribution in [2.45, 2.75) is 18.9 Å². The van der Waals surface area contributed by atoms with Crippen LogP contribution in [0.4, 0.5) is 11.4 Å². The lowest BCUT2D eigenvalue weighted by atomic mass is 9.95. The average molecular weight is 496 g/mol. The summed E-state index contributed by atoms with van der Waals surface area (Å²) in [5, 5.41) is 0. The van der Waals surface area contributed by atoms with E-state index in [1.165, 1.54) is 5.56 Å². The summed E-state index contributed by atoms with van der Waals surface area (Å²) in [5.41, 5.74) is 4.45. The number of amides is 1. The summed E-state index contributed by atoms with van der Waals surface area (Å²) in [6.07, 6.45) is 5.62. The summed E-state index contributed by atoms with van der Waals surface area (Å²) in [7, 11) is 0. The number of ether oxygens (including phenoxy) is 2. The molecule has 37 heavy (non-hydrogen) atoms. The number of carbonyl (C=O) groups excluding carboxylic acids is 1. The van der Waals surface area contributed by atoms with E-state index in [-0.39, 0.29) is 11.9 Å². The maximum Gasteiger partial charge on any atom is 0.251 e. The van der Waals surface area contributed by atoms with Crippen molar-refractivity contribution in [1.29, 1.82) is 0 Å². The molecule has 0 bridgehead atoms. The quantitative estimate of drug-likeness (QED) is 0.483. The molecule has 6 rings (SSSR count). The number of piperazine rings is 1. The van der Waals surface area contributed by atoms with Gasteiger partial charge in [-0.3, -0.25) is 9.69 Å². The Kier molecular flexibility index (Phi) is 6.82. The molecular weight excluding hydrogens is 462 g/mol. The standard InChI is InChI=1S/C31H33N3O3/c35-30(16-13-24-7-2-1-3-8-24)34-26(15-14-25-9-4-5-10-27(25)34)23-32-17-19-33(20-18-32)28-11-6-12-29-31(28)37-22-21-36-29/h1-13,16,26H,14-15,17-23H2. The minimum absolute atomic E-state index is 0.0488. The monoisotopic (exact) mass is 495 g/mol. The maximum atomic E-state index is 13.5. The van der Waals surface area contributed by atoms with E-state index in [0.29, 0.717) is 13.2 Å². The van der Waals surface area contributed by atoms with Crippen LogP contribution in [0.2, 0.25) is 0 Å². The lowest BCUT2D eigenvalue weighted by Gasteiger charge is -2.42. The molecule has 1 saturated heterocycles. The number of rotatable bonds is 5. The van der Waals surface area contributed by atoms with E-state index >= 15 is 0 Å². The first-order valence-corrected chi connectivity index (χ1v) is 13.3. The Labute approximate surface area is 218 Å². The van der Waals surface area contributed by atoms with E-state index < -0.39 is 0 Å². The Morgan fingerprint density at radius 3 is 2.46 bits per heavy atom. The first-order valence-electron chi connectivity index (χ1n) is 13.3. The SMILES string of the molecule is O=C(C=Cc1ccccc1)N1c2ccccc2CCC1CN1CCN(c2cccc3c2OCCO3)CC1. The molecule has 6 heteroatoms. The Hall–Kier alpha value is -3.77. The van der Waals surface area contributed by atoms with E-state index in [2.05, 4.69) is 34.1 Å². The van der Waals surface area contributed by atoms with Crippen LogP contribution in [-0.2, 0) is 11.2 Å². The molecule has 1 fully saturated rings. The first-order chi connectivity index (χ1) is 18.3. The minimum Gasteiger partial charge on any atom is -0.486 e. The molecule has 1 unspecified atom stereocenters. The second-order valence-corrected chi connectivity index (χ2v) is 9.86. The van der Waals surface area contributed by atoms with Crippen LogP contribution in [0, 0.1) is 0 Å². The van der Waals surface area contributed by atoms with Gasteiger partial charge in [0.15, 0.2) is 11.5 Å². The van der Waals surface area contributed by atoms with E-state index in [4.69, 9.17) is 9.47 Å². The average Bonchev–Trinajstić information content (AvgIpc) is 2.96. The van der Waals surface area contributed by atoms with Gasteiger partial charge in [0.2, 0.25) is 0 Å². The van der Waals surface area contributed by atoms with Crippen LogP contribution in [0.25, 0.3) is 6.08 Å². The third kappa shape index (κ3) is 5.07. The highest BCUT2D eigenvalue weighted by Crippen LogP contribution is 2.40. The third-order valence-electron chi connectivity index (χ3n) is 7.55. The van der Waals surface area contributed by atoms with Crippen LogP contribution in [0.3, 0.4) is 0 Å². The summed E-state index contributed by atoms with van der Waals surface area (Å²) in [5.74, 6) is 1.76. The molecule has 0 N–H and O–H groups in total. The highest BCUT2D eigenvalue weighted by molar-refractivity contribution is 6.05. The molecule has 3 aromatic carbocycles. The highest BCUT2D eigenvalue weighted by atomic mass is 16.6. The van der Waals surface area contributed by atoms with Gasteiger partial charge in [-0.25, -0.2) is 0 Å². The highest BCUT2D eigenvalue weighted by Gasteiger charge is 2.32. The van der Waals surface area contributed by atoms with E-state index in [0.717, 1.165) is 74.0 Å². The number of para-hydroxylation sites is 2. The van der Waals surface area contributed by atoms with Crippen LogP contribution in [0.5, 0.6) is 11.5 Å². The summed E-state index contributed by atoms with van der Waals surface area (Å²) in [6, 6.07) is 24.7. The Morgan fingerprint density at radius 1 is 0.838 bits per heavy atom. The van der Waals surface area contributed by atoms with Crippen molar-refractivity contribution in [3.63, 3.8) is 0 Å². The van der Waals surface area contributed by atoms with Crippen molar-refractivity contribution < 1.29 is 14.3 Å². The van der Waals surface area contributed by atoms with Crippen molar-refractivity contribution in [2.24, 2.45) is 0 Å². The minimum atomic E-state index is 0.0488. The molecule has 0 saturated carbocycles. The number of anilines is 2. The predicted octanol–water partition coefficient (Wildman–Crippen LogP) is 4.64. The number of benzene rings is 3. The molecule has 0 radical (unpaired) electrons. The fraction of sp³-hybridized carbons (Fsp3) is 0.323. The lowest BCUT2D eigenvalue weighted by molar-refractivity contribution is -0.114. The van der Waals surface area contributed by atoms with Crippen molar-refractivity contribution in [1.82, 2.24) is 4.90 Å². The molecule has 0 aromatic heterocycles. The van der Waals surface area contributed by atoms with Gasteiger partial charge < -0.3 is 19.3 Å². The number of hydrogen-bond acceptors (Lipinski definition) is 5. The van der Waals surface area contributed by atoms with E-state index in [1.54, 1.807) is 6.08 Å². The van der Waals surface area contributed by atoms with Gasteiger partial charge in [0, 0.05) is 44.5 Å². The van der Waals surface area contributed by atoms with E-state index in [1.807, 2.05) is 59.5 Å². The molecular formula is C31H33N3O3. The normalized spacial score (nSPS) is 19.6. The molecule has 3 aromatic rings. The second kappa shape index (κ2) is 10.7. The van der Waals surface area contributed by atoms with Crippen LogP contribution >= 0.6 is 0 Å². The van der Waals surface area contributed by atoms with Gasteiger partial charge in [0.05, 0.1) is 11.7 Å². The lowest BCUT2D eigenvalue weighted by Crippen LogP contribution is -2.54. The van der Waals surface area contributed by atoms with Gasteiger partial charge in [-0.2, -0.15) is 0 Å². The zero-order valence-electron chi connectivity index (χ0n) is 21.1. The molecule has 3 aliphatic rings. The Balaban J connectivity index is 1.16. The van der Waals surface area contributed by atoms with Gasteiger partial charge >= 0.3 is 0 Å². The van der Waals surface area contributed by atoms with Crippen molar-refractivity contribution in [3.8, 4) is 11.5 Å². The molecule has 0 spiro atoms. The summed E-state index contributed by atoms with van der Waals surface area (Å²) in [6.45, 7) is 5.81. The van der Waals surface area contributed by atoms with Gasteiger partial charge in [0.25, 0.3) is 5.91 Å². The second-order valence-electron chi connectivity index (χ2n) is 9.86. The largest absolute Gasteiger partial charge is 0.486 e. The van der Waals surface area contributed by atoms with Gasteiger partial charge in [-0.15, -0.1) is 0 Å². The van der Waals surface area contributed by atoms with Crippen LogP contribution in [-0.4, -0.2) is 62.8 Å². The number of aryl methyl sites for hydroxylation is 1. The smallest absolute Gasteiger partial charge is 0.251 e. The van der Waals surface area contributed by atoms with Crippen LogP contribution < -0.4 is 19.3 Å². The van der Waals surface area contributed by atoms with Crippen molar-refractivity contribution in [2.75, 3.05) is 55.7 Å². The van der Waals surface area contributed by atoms with Crippen molar-refractivity contribution in [3.05, 3.63) is 90.0 Å². The number of nitrogens with zero attached hydrogens (tertiary/aromatic N) is 3. The maximum absolute atomic E-state index is 13.5. The molecule has 3 aliphatic heterocycles. The summed E-state index contributed by atoms with van der Waals surface area (Å²) in [4.78, 5) is 20.5. The molecule has 1 amide bonds. The zero-order valence-corrected chi connectivity index (χ0v) is 21.1. The van der Waals surface area contributed by atoms with Crippen LogP contribution in [0.15, 0.2) is 78.9 Å². The predicted molar refractivity (Wildman–Crippen MR) is 148 cm³/mol. The molecule has 3 heterocycles. The van der Waals surface area contributed by atoms with Gasteiger partial charge in [-0.05, 0) is 48.2 Å². The molecule has 6 nitrogen and oxygen atoms in total. The topological polar surface area (TPSA) is 45.3 Å². The molecule has 190 valence electrons. The Morgan fingerprint density at radius 2 is 1.59 bits per heavy atom. The number of hydrogen-bond donors (Lipinski definition) is 0. The van der Waals surface area contributed by atoms with Crippen LogP contribution in [0.1, 0.15) is 17.5 Å². The van der Waals surface area contributed by atoms with Gasteiger partial charge in [0.1, 0.15) is 13.2 Å². The molecule has 0 aliphatic carbocycles. The summed E-state index contributed by atoms with van der Waals surface area (Å²) < 4.78 is 11.7. The Bertz CT molecular complexity index is 1270. The number of fused-ring (bicyclic) bond motifs is 2.